The van der Waals surface area contributed by atoms with Crippen LogP contribution in [-0.4, -0.2) is 7.05 Å². The van der Waals surface area contributed by atoms with Gasteiger partial charge in [0.05, 0.1) is 0 Å². The number of anilines is 3. The van der Waals surface area contributed by atoms with Crippen LogP contribution in [0.25, 0.3) is 21.5 Å². The van der Waals surface area contributed by atoms with Crippen molar-refractivity contribution in [1.82, 2.24) is 0 Å². The zero-order valence-electron chi connectivity index (χ0n) is 32.5. The standard InChI is InChI=1S/C21H20.C16H21N.C14H15N/c1-2-4-16-12-20-13-19(8-7-17(20)11-15(16)3-1)21-10-14-5-6-18(21)9-14;1-5-6-8-14(2)11-12-17(4)16-10-7-9-15(3)13-16;1-11-5-3-7-13(9-11)15-14-8-4-6-12(2)10-14/h1-4,7-8,11-14,18,21H,5-6,9-10H2;5-13H,1-4H3;3-10,15H,1-2H3/b;6-5-,12-11+,14-8-;. The molecule has 0 saturated heterocycles. The van der Waals surface area contributed by atoms with Gasteiger partial charge >= 0.3 is 0 Å². The molecule has 2 bridgehead atoms. The molecular formula is C51H56N2. The van der Waals surface area contributed by atoms with Gasteiger partial charge in [0, 0.05) is 30.3 Å². The first-order valence-corrected chi connectivity index (χ1v) is 19.3. The van der Waals surface area contributed by atoms with Crippen LogP contribution in [0.3, 0.4) is 0 Å². The Kier molecular flexibility index (Phi) is 12.7. The highest BCUT2D eigenvalue weighted by molar-refractivity contribution is 5.98. The minimum absolute atomic E-state index is 0.833. The first-order chi connectivity index (χ1) is 25.7. The Labute approximate surface area is 318 Å². The molecule has 0 aromatic heterocycles. The number of hydrogen-bond acceptors (Lipinski definition) is 2. The highest BCUT2D eigenvalue weighted by Gasteiger charge is 2.40. The Bertz CT molecular complexity index is 2180. The van der Waals surface area contributed by atoms with E-state index in [9.17, 15) is 0 Å². The molecule has 0 amide bonds. The minimum Gasteiger partial charge on any atom is -0.356 e. The Hall–Kier alpha value is -5.34. The molecule has 270 valence electrons. The van der Waals surface area contributed by atoms with Crippen LogP contribution in [0.1, 0.15) is 67.7 Å². The lowest BCUT2D eigenvalue weighted by Gasteiger charge is -2.22. The molecule has 8 rings (SSSR count). The van der Waals surface area contributed by atoms with Gasteiger partial charge in [-0.3, -0.25) is 0 Å². The van der Waals surface area contributed by atoms with Crippen LogP contribution < -0.4 is 10.2 Å². The quantitative estimate of drug-likeness (QED) is 0.132. The van der Waals surface area contributed by atoms with Gasteiger partial charge in [-0.05, 0) is 176 Å². The van der Waals surface area contributed by atoms with E-state index in [0.717, 1.165) is 29.1 Å². The summed E-state index contributed by atoms with van der Waals surface area (Å²) >= 11 is 0. The lowest BCUT2D eigenvalue weighted by molar-refractivity contribution is 0.420. The number of nitrogens with zero attached hydrogens (tertiary/aromatic N) is 1. The zero-order chi connectivity index (χ0) is 37.2. The number of benzene rings is 6. The van der Waals surface area contributed by atoms with Gasteiger partial charge in [0.25, 0.3) is 0 Å². The normalized spacial score (nSPS) is 17.8. The Morgan fingerprint density at radius 2 is 1.26 bits per heavy atom. The van der Waals surface area contributed by atoms with Gasteiger partial charge in [0.15, 0.2) is 0 Å². The average molecular weight is 697 g/mol. The summed E-state index contributed by atoms with van der Waals surface area (Å²) in [6.45, 7) is 10.4. The van der Waals surface area contributed by atoms with E-state index in [1.807, 2.05) is 19.1 Å². The number of rotatable bonds is 7. The molecule has 2 saturated carbocycles. The highest BCUT2D eigenvalue weighted by Crippen LogP contribution is 2.53. The molecular weight excluding hydrogens is 641 g/mol. The number of aryl methyl sites for hydroxylation is 3. The summed E-state index contributed by atoms with van der Waals surface area (Å²) in [6, 6.07) is 45.8. The van der Waals surface area contributed by atoms with E-state index in [2.05, 4.69) is 191 Å². The van der Waals surface area contributed by atoms with Crippen molar-refractivity contribution in [3.63, 3.8) is 0 Å². The molecule has 6 aromatic rings. The van der Waals surface area contributed by atoms with E-state index >= 15 is 0 Å². The zero-order valence-corrected chi connectivity index (χ0v) is 32.5. The summed E-state index contributed by atoms with van der Waals surface area (Å²) in [5, 5.41) is 8.87. The van der Waals surface area contributed by atoms with Gasteiger partial charge in [0.2, 0.25) is 0 Å². The van der Waals surface area contributed by atoms with E-state index < -0.39 is 0 Å². The maximum atomic E-state index is 3.39. The third-order valence-electron chi connectivity index (χ3n) is 10.7. The summed E-state index contributed by atoms with van der Waals surface area (Å²) in [7, 11) is 2.06. The second-order valence-electron chi connectivity index (χ2n) is 15.2. The predicted octanol–water partition coefficient (Wildman–Crippen LogP) is 14.4. The lowest BCUT2D eigenvalue weighted by atomic mass is 9.83. The van der Waals surface area contributed by atoms with E-state index in [0.29, 0.717) is 0 Å². The molecule has 2 nitrogen and oxygen atoms in total. The first-order valence-electron chi connectivity index (χ1n) is 19.3. The molecule has 2 aliphatic rings. The number of hydrogen-bond donors (Lipinski definition) is 1. The van der Waals surface area contributed by atoms with Crippen molar-refractivity contribution in [1.29, 1.82) is 0 Å². The maximum absolute atomic E-state index is 3.39. The fourth-order valence-electron chi connectivity index (χ4n) is 7.92. The molecule has 0 radical (unpaired) electrons. The third kappa shape index (κ3) is 10.4. The lowest BCUT2D eigenvalue weighted by Crippen LogP contribution is -2.08. The van der Waals surface area contributed by atoms with Gasteiger partial charge in [-0.1, -0.05) is 104 Å². The summed E-state index contributed by atoms with van der Waals surface area (Å²) < 4.78 is 0. The summed E-state index contributed by atoms with van der Waals surface area (Å²) in [5.41, 5.74) is 10.1. The van der Waals surface area contributed by atoms with Crippen molar-refractivity contribution in [2.75, 3.05) is 17.3 Å². The average Bonchev–Trinajstić information content (AvgIpc) is 3.80. The van der Waals surface area contributed by atoms with Crippen LogP contribution in [0.2, 0.25) is 0 Å². The van der Waals surface area contributed by atoms with Crippen molar-refractivity contribution >= 4 is 38.6 Å². The Balaban J connectivity index is 0.000000139. The molecule has 53 heavy (non-hydrogen) atoms. The van der Waals surface area contributed by atoms with Crippen molar-refractivity contribution < 1.29 is 0 Å². The maximum Gasteiger partial charge on any atom is 0.0406 e. The molecule has 0 heterocycles. The van der Waals surface area contributed by atoms with Crippen molar-refractivity contribution in [3.8, 4) is 0 Å². The molecule has 2 fully saturated rings. The molecule has 1 N–H and O–H groups in total. The third-order valence-corrected chi connectivity index (χ3v) is 10.7. The van der Waals surface area contributed by atoms with E-state index in [1.54, 1.807) is 5.56 Å². The van der Waals surface area contributed by atoms with Crippen molar-refractivity contribution in [2.24, 2.45) is 11.8 Å². The van der Waals surface area contributed by atoms with Crippen LogP contribution in [0.15, 0.2) is 163 Å². The molecule has 2 aliphatic carbocycles. The predicted molar refractivity (Wildman–Crippen MR) is 233 cm³/mol. The van der Waals surface area contributed by atoms with Gasteiger partial charge < -0.3 is 10.2 Å². The monoisotopic (exact) mass is 696 g/mol. The van der Waals surface area contributed by atoms with Crippen LogP contribution in [0.4, 0.5) is 17.1 Å². The van der Waals surface area contributed by atoms with Gasteiger partial charge in [-0.2, -0.15) is 0 Å². The Morgan fingerprint density at radius 1 is 0.642 bits per heavy atom. The topological polar surface area (TPSA) is 15.3 Å². The summed E-state index contributed by atoms with van der Waals surface area (Å²) in [4.78, 5) is 2.12. The second kappa shape index (κ2) is 17.9. The van der Waals surface area contributed by atoms with Gasteiger partial charge in [-0.15, -0.1) is 0 Å². The molecule has 6 aromatic carbocycles. The number of allylic oxidation sites excluding steroid dienone is 5. The Morgan fingerprint density at radius 3 is 1.85 bits per heavy atom. The minimum atomic E-state index is 0.833. The fourth-order valence-corrected chi connectivity index (χ4v) is 7.92. The SMILES string of the molecule is C\C=C/C=C(C)\C=C\N(C)c1cccc(C)c1.Cc1cccc(Nc2cccc(C)c2)c1.c1ccc2cc3cc(C4CC5CCC4C5)ccc3cc2c1. The van der Waals surface area contributed by atoms with Crippen LogP contribution >= 0.6 is 0 Å². The second-order valence-corrected chi connectivity index (χ2v) is 15.2. The van der Waals surface area contributed by atoms with Gasteiger partial charge in [-0.25, -0.2) is 0 Å². The molecule has 3 atom stereocenters. The van der Waals surface area contributed by atoms with Crippen LogP contribution in [0, 0.1) is 32.6 Å². The number of fused-ring (bicyclic) bond motifs is 4. The van der Waals surface area contributed by atoms with E-state index in [4.69, 9.17) is 0 Å². The molecule has 0 spiro atoms. The van der Waals surface area contributed by atoms with E-state index in [-0.39, 0.29) is 0 Å². The van der Waals surface area contributed by atoms with Gasteiger partial charge in [0.1, 0.15) is 0 Å². The van der Waals surface area contributed by atoms with E-state index in [1.165, 1.54) is 75.2 Å². The summed E-state index contributed by atoms with van der Waals surface area (Å²) in [5.74, 6) is 2.82. The van der Waals surface area contributed by atoms with Crippen LogP contribution in [-0.2, 0) is 0 Å². The van der Waals surface area contributed by atoms with Crippen LogP contribution in [0.5, 0.6) is 0 Å². The molecule has 2 heteroatoms. The van der Waals surface area contributed by atoms with Crippen molar-refractivity contribution in [3.05, 3.63) is 186 Å². The molecule has 0 aliphatic heterocycles. The highest BCUT2D eigenvalue weighted by atomic mass is 15.1. The fraction of sp³-hybridized carbons (Fsp3) is 0.255. The largest absolute Gasteiger partial charge is 0.356 e. The summed E-state index contributed by atoms with van der Waals surface area (Å²) in [6.07, 6.45) is 16.2. The first kappa shape index (κ1) is 37.4. The van der Waals surface area contributed by atoms with Crippen molar-refractivity contribution in [2.45, 2.75) is 66.2 Å². The smallest absolute Gasteiger partial charge is 0.0406 e. The number of nitrogens with one attached hydrogen (secondary N) is 1. The molecule has 3 unspecified atom stereocenters.